The number of thiophene rings is 1. The third kappa shape index (κ3) is 3.02. The van der Waals surface area contributed by atoms with E-state index < -0.39 is 0 Å². The molecule has 0 unspecified atom stereocenters. The normalized spacial score (nSPS) is 14.6. The molecule has 5 heteroatoms. The van der Waals surface area contributed by atoms with Crippen molar-refractivity contribution < 1.29 is 0 Å². The van der Waals surface area contributed by atoms with Gasteiger partial charge in [-0.3, -0.25) is 0 Å². The van der Waals surface area contributed by atoms with Crippen LogP contribution in [0.5, 0.6) is 0 Å². The minimum atomic E-state index is 0.353. The Kier molecular flexibility index (Phi) is 4.65. The molecule has 1 aromatic carbocycles. The lowest BCUT2D eigenvalue weighted by Gasteiger charge is -2.18. The van der Waals surface area contributed by atoms with Crippen LogP contribution in [0.1, 0.15) is 37.1 Å². The summed E-state index contributed by atoms with van der Waals surface area (Å²) in [5.74, 6) is 1.01. The zero-order valence-electron chi connectivity index (χ0n) is 14.7. The zero-order valence-corrected chi connectivity index (χ0v) is 16.3. The minimum absolute atomic E-state index is 0.353. The summed E-state index contributed by atoms with van der Waals surface area (Å²) in [5, 5.41) is 1.53. The van der Waals surface area contributed by atoms with Gasteiger partial charge in [0.15, 0.2) is 0 Å². The molecule has 0 saturated carbocycles. The van der Waals surface area contributed by atoms with E-state index in [2.05, 4.69) is 53.0 Å². The molecule has 3 aromatic rings. The Morgan fingerprint density at radius 3 is 2.40 bits per heavy atom. The van der Waals surface area contributed by atoms with E-state index >= 15 is 0 Å². The van der Waals surface area contributed by atoms with Crippen LogP contribution in [0.15, 0.2) is 24.3 Å². The average molecular weight is 372 g/mol. The number of aryl methyl sites for hydroxylation is 2. The van der Waals surface area contributed by atoms with E-state index in [0.29, 0.717) is 5.28 Å². The number of fused-ring (bicyclic) bond motifs is 1. The third-order valence-corrected chi connectivity index (χ3v) is 6.35. The van der Waals surface area contributed by atoms with Gasteiger partial charge in [0.25, 0.3) is 0 Å². The average Bonchev–Trinajstić information content (AvgIpc) is 3.28. The van der Waals surface area contributed by atoms with Crippen LogP contribution < -0.4 is 4.90 Å². The van der Waals surface area contributed by atoms with Gasteiger partial charge in [-0.15, -0.1) is 11.3 Å². The number of aromatic nitrogens is 2. The first kappa shape index (κ1) is 16.8. The van der Waals surface area contributed by atoms with Gasteiger partial charge in [0.2, 0.25) is 5.28 Å². The molecular weight excluding hydrogens is 350 g/mol. The molecule has 0 radical (unpaired) electrons. The van der Waals surface area contributed by atoms with Crippen molar-refractivity contribution in [2.45, 2.75) is 39.5 Å². The van der Waals surface area contributed by atoms with Crippen molar-refractivity contribution in [2.24, 2.45) is 0 Å². The number of rotatable bonds is 4. The lowest BCUT2D eigenvalue weighted by molar-refractivity contribution is 0.940. The Labute approximate surface area is 157 Å². The molecule has 0 bridgehead atoms. The number of hydrogen-bond acceptors (Lipinski definition) is 4. The molecular formula is C20H22ClN3S. The molecule has 0 spiro atoms. The molecule has 4 rings (SSSR count). The summed E-state index contributed by atoms with van der Waals surface area (Å²) in [4.78, 5) is 13.9. The van der Waals surface area contributed by atoms with E-state index in [4.69, 9.17) is 11.6 Å². The topological polar surface area (TPSA) is 29.0 Å². The first-order valence-corrected chi connectivity index (χ1v) is 10.2. The summed E-state index contributed by atoms with van der Waals surface area (Å²) in [6, 6.07) is 8.93. The molecule has 1 fully saturated rings. The lowest BCUT2D eigenvalue weighted by Crippen LogP contribution is -2.19. The van der Waals surface area contributed by atoms with E-state index in [1.165, 1.54) is 39.8 Å². The summed E-state index contributed by atoms with van der Waals surface area (Å²) < 4.78 is 0. The maximum Gasteiger partial charge on any atom is 0.225 e. The molecule has 2 aromatic heterocycles. The van der Waals surface area contributed by atoms with Crippen LogP contribution >= 0.6 is 22.9 Å². The zero-order chi connectivity index (χ0) is 17.4. The molecule has 130 valence electrons. The quantitative estimate of drug-likeness (QED) is 0.548. The fourth-order valence-electron chi connectivity index (χ4n) is 3.62. The van der Waals surface area contributed by atoms with E-state index in [9.17, 15) is 0 Å². The molecule has 25 heavy (non-hydrogen) atoms. The number of nitrogens with zero attached hydrogens (tertiary/aromatic N) is 3. The van der Waals surface area contributed by atoms with Crippen LogP contribution in [0, 0.1) is 0 Å². The first-order valence-electron chi connectivity index (χ1n) is 9.04. The van der Waals surface area contributed by atoms with Gasteiger partial charge in [-0.2, -0.15) is 4.98 Å². The molecule has 0 N–H and O–H groups in total. The maximum absolute atomic E-state index is 6.25. The molecule has 3 nitrogen and oxygen atoms in total. The molecule has 0 atom stereocenters. The van der Waals surface area contributed by atoms with Crippen molar-refractivity contribution in [3.63, 3.8) is 0 Å². The summed E-state index contributed by atoms with van der Waals surface area (Å²) in [6.07, 6.45) is 4.48. The SMILES string of the molecule is CCc1ccc(-c2c(CC)sc3nc(Cl)nc(N4CCCC4)c23)cc1. The fraction of sp³-hybridized carbons (Fsp3) is 0.400. The molecule has 3 heterocycles. The minimum Gasteiger partial charge on any atom is -0.356 e. The summed E-state index contributed by atoms with van der Waals surface area (Å²) in [5.41, 5.74) is 3.91. The van der Waals surface area contributed by atoms with Crippen LogP contribution in [0.2, 0.25) is 5.28 Å². The number of hydrogen-bond donors (Lipinski definition) is 0. The monoisotopic (exact) mass is 371 g/mol. The number of anilines is 1. The smallest absolute Gasteiger partial charge is 0.225 e. The van der Waals surface area contributed by atoms with Crippen LogP contribution in [-0.2, 0) is 12.8 Å². The second kappa shape index (κ2) is 6.93. The van der Waals surface area contributed by atoms with E-state index in [1.807, 2.05) is 0 Å². The van der Waals surface area contributed by atoms with Gasteiger partial charge in [0.1, 0.15) is 10.6 Å². The third-order valence-electron chi connectivity index (χ3n) is 4.96. The van der Waals surface area contributed by atoms with Crippen LogP contribution in [0.3, 0.4) is 0 Å². The molecule has 0 aliphatic carbocycles. The Hall–Kier alpha value is -1.65. The van der Waals surface area contributed by atoms with Gasteiger partial charge in [0, 0.05) is 23.5 Å². The molecule has 1 aliphatic rings. The Balaban J connectivity index is 1.97. The molecule has 1 aliphatic heterocycles. The van der Waals surface area contributed by atoms with Crippen LogP contribution in [0.4, 0.5) is 5.82 Å². The second-order valence-electron chi connectivity index (χ2n) is 6.49. The van der Waals surface area contributed by atoms with Crippen molar-refractivity contribution in [1.29, 1.82) is 0 Å². The Bertz CT molecular complexity index is 895. The van der Waals surface area contributed by atoms with Crippen molar-refractivity contribution in [3.05, 3.63) is 40.0 Å². The highest BCUT2D eigenvalue weighted by Crippen LogP contribution is 2.43. The number of benzene rings is 1. The van der Waals surface area contributed by atoms with Gasteiger partial charge in [-0.25, -0.2) is 4.98 Å². The van der Waals surface area contributed by atoms with Crippen LogP contribution in [-0.4, -0.2) is 23.1 Å². The predicted octanol–water partition coefficient (Wildman–Crippen LogP) is 5.74. The van der Waals surface area contributed by atoms with Crippen molar-refractivity contribution in [2.75, 3.05) is 18.0 Å². The fourth-order valence-corrected chi connectivity index (χ4v) is 4.96. The molecule has 1 saturated heterocycles. The maximum atomic E-state index is 6.25. The highest BCUT2D eigenvalue weighted by molar-refractivity contribution is 7.19. The van der Waals surface area contributed by atoms with Gasteiger partial charge >= 0.3 is 0 Å². The summed E-state index contributed by atoms with van der Waals surface area (Å²) in [6.45, 7) is 6.49. The molecule has 0 amide bonds. The highest BCUT2D eigenvalue weighted by Gasteiger charge is 2.24. The van der Waals surface area contributed by atoms with E-state index in [1.54, 1.807) is 11.3 Å². The van der Waals surface area contributed by atoms with Crippen molar-refractivity contribution in [1.82, 2.24) is 9.97 Å². The standard InChI is InChI=1S/C20H22ClN3S/c1-3-13-7-9-14(10-8-13)16-15(4-2)25-19-17(16)18(22-20(21)23-19)24-11-5-6-12-24/h7-10H,3-6,11-12H2,1-2H3. The largest absolute Gasteiger partial charge is 0.356 e. The summed E-state index contributed by atoms with van der Waals surface area (Å²) >= 11 is 8.00. The van der Waals surface area contributed by atoms with Gasteiger partial charge in [-0.1, -0.05) is 38.1 Å². The van der Waals surface area contributed by atoms with E-state index in [0.717, 1.165) is 36.6 Å². The van der Waals surface area contributed by atoms with Crippen molar-refractivity contribution in [3.8, 4) is 11.1 Å². The Morgan fingerprint density at radius 2 is 1.76 bits per heavy atom. The highest BCUT2D eigenvalue weighted by atomic mass is 35.5. The van der Waals surface area contributed by atoms with Crippen LogP contribution in [0.25, 0.3) is 21.3 Å². The Morgan fingerprint density at radius 1 is 1.04 bits per heavy atom. The van der Waals surface area contributed by atoms with Crippen molar-refractivity contribution >= 4 is 39.0 Å². The second-order valence-corrected chi connectivity index (χ2v) is 7.92. The van der Waals surface area contributed by atoms with Gasteiger partial charge in [-0.05, 0) is 48.4 Å². The van der Waals surface area contributed by atoms with E-state index in [-0.39, 0.29) is 0 Å². The predicted molar refractivity (Wildman–Crippen MR) is 108 cm³/mol. The van der Waals surface area contributed by atoms with Gasteiger partial charge in [0.05, 0.1) is 5.39 Å². The summed E-state index contributed by atoms with van der Waals surface area (Å²) in [7, 11) is 0. The first-order chi connectivity index (χ1) is 12.2. The number of halogens is 1. The lowest BCUT2D eigenvalue weighted by atomic mass is 10.00. The van der Waals surface area contributed by atoms with Gasteiger partial charge < -0.3 is 4.90 Å².